The number of hydrogen-bond acceptors (Lipinski definition) is 4. The van der Waals surface area contributed by atoms with Crippen LogP contribution in [0.5, 0.6) is 0 Å². The van der Waals surface area contributed by atoms with Crippen molar-refractivity contribution in [2.24, 2.45) is 0 Å². The molecule has 1 atom stereocenters. The Morgan fingerprint density at radius 3 is 2.69 bits per heavy atom. The van der Waals surface area contributed by atoms with Crippen LogP contribution in [-0.2, 0) is 26.1 Å². The van der Waals surface area contributed by atoms with Gasteiger partial charge in [0.1, 0.15) is 11.6 Å². The lowest BCUT2D eigenvalue weighted by molar-refractivity contribution is 0.158. The summed E-state index contributed by atoms with van der Waals surface area (Å²) < 4.78 is 4.36. The first kappa shape index (κ1) is 20.7. The Kier molecular flexibility index (Phi) is 5.92. The summed E-state index contributed by atoms with van der Waals surface area (Å²) in [6.45, 7) is 4.71. The molecule has 1 N–H and O–H groups in total. The number of nitrogens with zero attached hydrogens (tertiary/aromatic N) is 6. The summed E-state index contributed by atoms with van der Waals surface area (Å²) in [5.74, 6) is 3.41. The van der Waals surface area contributed by atoms with Crippen LogP contribution in [0.3, 0.4) is 0 Å². The van der Waals surface area contributed by atoms with Crippen molar-refractivity contribution in [1.82, 2.24) is 34.5 Å². The Bertz CT molecular complexity index is 1050. The third-order valence-corrected chi connectivity index (χ3v) is 6.88. The molecule has 8 heteroatoms. The van der Waals surface area contributed by atoms with Crippen molar-refractivity contribution >= 4 is 6.03 Å². The number of fused-ring (bicyclic) bond motifs is 1. The number of aromatic nitrogens is 5. The van der Waals surface area contributed by atoms with Crippen LogP contribution < -0.4 is 5.32 Å². The molecular formula is C24H31N7O. The van der Waals surface area contributed by atoms with Crippen LogP contribution in [0, 0.1) is 0 Å². The van der Waals surface area contributed by atoms with Gasteiger partial charge in [0, 0.05) is 37.9 Å². The topological polar surface area (TPSA) is 80.9 Å². The maximum atomic E-state index is 13.0. The lowest BCUT2D eigenvalue weighted by atomic mass is 10.1. The van der Waals surface area contributed by atoms with E-state index in [9.17, 15) is 4.79 Å². The van der Waals surface area contributed by atoms with Crippen molar-refractivity contribution in [2.75, 3.05) is 6.54 Å². The first-order valence-corrected chi connectivity index (χ1v) is 11.7. The minimum atomic E-state index is -0.0933. The van der Waals surface area contributed by atoms with E-state index in [0.717, 1.165) is 37.0 Å². The average Bonchev–Trinajstić information content (AvgIpc) is 3.57. The molecule has 1 saturated carbocycles. The molecule has 5 rings (SSSR count). The summed E-state index contributed by atoms with van der Waals surface area (Å²) >= 11 is 0. The van der Waals surface area contributed by atoms with Crippen LogP contribution >= 0.6 is 0 Å². The zero-order valence-electron chi connectivity index (χ0n) is 18.7. The lowest BCUT2D eigenvalue weighted by Crippen LogP contribution is -2.46. The number of aryl methyl sites for hydroxylation is 2. The van der Waals surface area contributed by atoms with E-state index in [4.69, 9.17) is 0 Å². The number of amides is 2. The maximum Gasteiger partial charge on any atom is 0.318 e. The quantitative estimate of drug-likeness (QED) is 0.643. The van der Waals surface area contributed by atoms with Crippen LogP contribution in [0.1, 0.15) is 67.6 Å². The summed E-state index contributed by atoms with van der Waals surface area (Å²) in [7, 11) is 0. The van der Waals surface area contributed by atoms with E-state index in [0.29, 0.717) is 19.0 Å². The highest BCUT2D eigenvalue weighted by Crippen LogP contribution is 2.35. The highest BCUT2D eigenvalue weighted by atomic mass is 16.2. The van der Waals surface area contributed by atoms with E-state index in [2.05, 4.69) is 53.9 Å². The first-order valence-electron chi connectivity index (χ1n) is 11.7. The molecule has 2 amide bonds. The second-order valence-electron chi connectivity index (χ2n) is 8.85. The second kappa shape index (κ2) is 9.14. The molecular weight excluding hydrogens is 402 g/mol. The van der Waals surface area contributed by atoms with Crippen molar-refractivity contribution in [3.05, 3.63) is 65.8 Å². The molecule has 1 aliphatic carbocycles. The van der Waals surface area contributed by atoms with Crippen LogP contribution in [0.25, 0.3) is 0 Å². The van der Waals surface area contributed by atoms with E-state index in [1.807, 2.05) is 24.1 Å². The highest BCUT2D eigenvalue weighted by molar-refractivity contribution is 5.74. The molecule has 1 fully saturated rings. The molecule has 0 bridgehead atoms. The Morgan fingerprint density at radius 1 is 1.09 bits per heavy atom. The van der Waals surface area contributed by atoms with Gasteiger partial charge in [-0.2, -0.15) is 0 Å². The molecule has 0 saturated heterocycles. The Labute approximate surface area is 188 Å². The van der Waals surface area contributed by atoms with E-state index >= 15 is 0 Å². The standard InChI is InChI=1S/C24H31N7O/c1-18-22-27-28-23(20-9-5-6-10-20)31(22)16-15-30(18)24(32)26-17-21-25-12-14-29(21)13-11-19-7-3-2-4-8-19/h2-4,7-8,12,14,18,20H,5-6,9-11,13,15-17H2,1H3,(H,26,32). The molecule has 0 radical (unpaired) electrons. The molecule has 1 unspecified atom stereocenters. The van der Waals surface area contributed by atoms with Gasteiger partial charge in [0.15, 0.2) is 5.82 Å². The van der Waals surface area contributed by atoms with Gasteiger partial charge in [0.2, 0.25) is 0 Å². The zero-order valence-corrected chi connectivity index (χ0v) is 18.7. The summed E-state index contributed by atoms with van der Waals surface area (Å²) in [5.41, 5.74) is 1.29. The van der Waals surface area contributed by atoms with Gasteiger partial charge in [-0.1, -0.05) is 43.2 Å². The molecule has 0 spiro atoms. The minimum Gasteiger partial charge on any atom is -0.333 e. The lowest BCUT2D eigenvalue weighted by Gasteiger charge is -2.34. The predicted octanol–water partition coefficient (Wildman–Crippen LogP) is 3.66. The summed E-state index contributed by atoms with van der Waals surface area (Å²) in [6, 6.07) is 10.2. The summed E-state index contributed by atoms with van der Waals surface area (Å²) in [4.78, 5) is 19.3. The van der Waals surface area contributed by atoms with Gasteiger partial charge in [-0.05, 0) is 31.7 Å². The fourth-order valence-corrected chi connectivity index (χ4v) is 5.03. The molecule has 2 aromatic heterocycles. The predicted molar refractivity (Wildman–Crippen MR) is 121 cm³/mol. The van der Waals surface area contributed by atoms with Crippen molar-refractivity contribution < 1.29 is 4.79 Å². The number of hydrogen-bond donors (Lipinski definition) is 1. The van der Waals surface area contributed by atoms with Crippen LogP contribution in [-0.4, -0.2) is 41.8 Å². The molecule has 1 aromatic carbocycles. The zero-order chi connectivity index (χ0) is 21.9. The van der Waals surface area contributed by atoms with Crippen molar-refractivity contribution in [3.63, 3.8) is 0 Å². The molecule has 8 nitrogen and oxygen atoms in total. The molecule has 1 aliphatic heterocycles. The number of urea groups is 1. The SMILES string of the molecule is CC1c2nnc(C3CCCC3)n2CCN1C(=O)NCc1nccn1CCc1ccccc1. The summed E-state index contributed by atoms with van der Waals surface area (Å²) in [5, 5.41) is 12.0. The number of carbonyl (C=O) groups is 1. The van der Waals surface area contributed by atoms with Crippen LogP contribution in [0.4, 0.5) is 4.79 Å². The van der Waals surface area contributed by atoms with Gasteiger partial charge in [0.25, 0.3) is 0 Å². The van der Waals surface area contributed by atoms with Crippen molar-refractivity contribution in [1.29, 1.82) is 0 Å². The van der Waals surface area contributed by atoms with Crippen molar-refractivity contribution in [3.8, 4) is 0 Å². The number of rotatable bonds is 6. The molecule has 3 heterocycles. The van der Waals surface area contributed by atoms with Gasteiger partial charge in [-0.3, -0.25) is 0 Å². The van der Waals surface area contributed by atoms with Gasteiger partial charge in [-0.25, -0.2) is 9.78 Å². The molecule has 3 aromatic rings. The fourth-order valence-electron chi connectivity index (χ4n) is 5.03. The smallest absolute Gasteiger partial charge is 0.318 e. The van der Waals surface area contributed by atoms with E-state index < -0.39 is 0 Å². The largest absolute Gasteiger partial charge is 0.333 e. The van der Waals surface area contributed by atoms with Gasteiger partial charge in [-0.15, -0.1) is 10.2 Å². The average molecular weight is 434 g/mol. The Morgan fingerprint density at radius 2 is 1.88 bits per heavy atom. The first-order chi connectivity index (χ1) is 15.7. The van der Waals surface area contributed by atoms with E-state index in [1.165, 1.54) is 31.2 Å². The third kappa shape index (κ3) is 4.13. The van der Waals surface area contributed by atoms with Gasteiger partial charge >= 0.3 is 6.03 Å². The molecule has 168 valence electrons. The number of imidazole rings is 1. The normalized spacial score (nSPS) is 18.7. The molecule has 2 aliphatic rings. The number of benzene rings is 1. The fraction of sp³-hybridized carbons (Fsp3) is 0.500. The third-order valence-electron chi connectivity index (χ3n) is 6.88. The van der Waals surface area contributed by atoms with Crippen LogP contribution in [0.2, 0.25) is 0 Å². The van der Waals surface area contributed by atoms with Gasteiger partial charge in [0.05, 0.1) is 12.6 Å². The number of nitrogens with one attached hydrogen (secondary N) is 1. The Hall–Kier alpha value is -3.16. The number of carbonyl (C=O) groups excluding carboxylic acids is 1. The monoisotopic (exact) mass is 433 g/mol. The minimum absolute atomic E-state index is 0.0771. The summed E-state index contributed by atoms with van der Waals surface area (Å²) in [6.07, 6.45) is 9.65. The second-order valence-corrected chi connectivity index (χ2v) is 8.85. The molecule has 32 heavy (non-hydrogen) atoms. The van der Waals surface area contributed by atoms with Crippen molar-refractivity contribution in [2.45, 2.75) is 70.6 Å². The maximum absolute atomic E-state index is 13.0. The van der Waals surface area contributed by atoms with E-state index in [-0.39, 0.29) is 12.1 Å². The highest BCUT2D eigenvalue weighted by Gasteiger charge is 2.33. The Balaban J connectivity index is 1.19. The van der Waals surface area contributed by atoms with Gasteiger partial charge < -0.3 is 19.4 Å². The van der Waals surface area contributed by atoms with E-state index in [1.54, 1.807) is 6.20 Å². The van der Waals surface area contributed by atoms with Crippen LogP contribution in [0.15, 0.2) is 42.7 Å².